The molecule has 0 saturated carbocycles. The van der Waals surface area contributed by atoms with Gasteiger partial charge in [-0.2, -0.15) is 0 Å². The molecule has 0 unspecified atom stereocenters. The average Bonchev–Trinajstić information content (AvgIpc) is 2.74. The van der Waals surface area contributed by atoms with Gasteiger partial charge >= 0.3 is 5.97 Å². The Morgan fingerprint density at radius 2 is 2.20 bits per heavy atom. The molecule has 3 N–H and O–H groups in total. The molecule has 0 amide bonds. The lowest BCUT2D eigenvalue weighted by Gasteiger charge is -2.20. The van der Waals surface area contributed by atoms with Gasteiger partial charge in [0.25, 0.3) is 0 Å². The van der Waals surface area contributed by atoms with Crippen LogP contribution < -0.4 is 10.6 Å². The highest BCUT2D eigenvalue weighted by atomic mass is 79.9. The molecule has 1 heterocycles. The number of hydrogen-bond acceptors (Lipinski definition) is 4. The van der Waals surface area contributed by atoms with Crippen LogP contribution in [-0.4, -0.2) is 18.1 Å². The maximum atomic E-state index is 13.9. The largest absolute Gasteiger partial charge is 0.478 e. The predicted molar refractivity (Wildman–Crippen MR) is 81.9 cm³/mol. The number of rotatable bonds is 4. The number of nitrogen functional groups attached to an aromatic ring is 1. The molecule has 0 fully saturated rings. The maximum absolute atomic E-state index is 13.9. The lowest BCUT2D eigenvalue weighted by molar-refractivity contribution is 0.0698. The molecule has 0 aliphatic carbocycles. The number of hydrogen-bond donors (Lipinski definition) is 2. The summed E-state index contributed by atoms with van der Waals surface area (Å²) in [6.45, 7) is 0.474. The quantitative estimate of drug-likeness (QED) is 0.820. The van der Waals surface area contributed by atoms with Crippen LogP contribution >= 0.6 is 27.3 Å². The number of anilines is 2. The smallest absolute Gasteiger partial charge is 0.337 e. The van der Waals surface area contributed by atoms with Crippen molar-refractivity contribution in [1.29, 1.82) is 0 Å². The van der Waals surface area contributed by atoms with Gasteiger partial charge in [-0.1, -0.05) is 0 Å². The number of aromatic carboxylic acids is 1. The first kappa shape index (κ1) is 14.8. The van der Waals surface area contributed by atoms with Crippen molar-refractivity contribution in [3.8, 4) is 0 Å². The fourth-order valence-corrected chi connectivity index (χ4v) is 3.04. The van der Waals surface area contributed by atoms with Gasteiger partial charge < -0.3 is 15.7 Å². The van der Waals surface area contributed by atoms with E-state index in [2.05, 4.69) is 15.9 Å². The van der Waals surface area contributed by atoms with Crippen LogP contribution in [0.1, 0.15) is 15.9 Å². The lowest BCUT2D eigenvalue weighted by Crippen LogP contribution is -2.18. The summed E-state index contributed by atoms with van der Waals surface area (Å²) in [7, 11) is 1.70. The zero-order valence-electron chi connectivity index (χ0n) is 10.6. The van der Waals surface area contributed by atoms with Gasteiger partial charge in [0.05, 0.1) is 15.0 Å². The van der Waals surface area contributed by atoms with E-state index in [9.17, 15) is 9.18 Å². The van der Waals surface area contributed by atoms with E-state index >= 15 is 0 Å². The Labute approximate surface area is 127 Å². The average molecular weight is 359 g/mol. The number of carboxylic acid groups (broad SMARTS) is 1. The number of nitrogens with zero attached hydrogens (tertiary/aromatic N) is 1. The summed E-state index contributed by atoms with van der Waals surface area (Å²) < 4.78 is 14.9. The molecular weight excluding hydrogens is 347 g/mol. The molecule has 1 aromatic heterocycles. The molecule has 7 heteroatoms. The third-order valence-electron chi connectivity index (χ3n) is 2.80. The SMILES string of the molecule is CN(Cc1csc(Br)c1)c1cc(C(=O)O)c(N)cc1F. The number of thiophene rings is 1. The van der Waals surface area contributed by atoms with Crippen molar-refractivity contribution in [2.75, 3.05) is 17.7 Å². The van der Waals surface area contributed by atoms with Crippen LogP contribution in [0.5, 0.6) is 0 Å². The van der Waals surface area contributed by atoms with E-state index in [0.29, 0.717) is 6.54 Å². The number of benzene rings is 1. The van der Waals surface area contributed by atoms with Gasteiger partial charge in [0.1, 0.15) is 5.82 Å². The molecule has 0 aliphatic heterocycles. The molecule has 0 bridgehead atoms. The fraction of sp³-hybridized carbons (Fsp3) is 0.154. The second-order valence-electron chi connectivity index (χ2n) is 4.31. The van der Waals surface area contributed by atoms with Gasteiger partial charge in [-0.05, 0) is 45.1 Å². The van der Waals surface area contributed by atoms with Crippen LogP contribution in [0, 0.1) is 5.82 Å². The Kier molecular flexibility index (Phi) is 4.29. The van der Waals surface area contributed by atoms with Gasteiger partial charge in [-0.25, -0.2) is 9.18 Å². The van der Waals surface area contributed by atoms with E-state index in [1.165, 1.54) is 17.4 Å². The lowest BCUT2D eigenvalue weighted by atomic mass is 10.1. The van der Waals surface area contributed by atoms with Crippen molar-refractivity contribution in [2.45, 2.75) is 6.54 Å². The summed E-state index contributed by atoms with van der Waals surface area (Å²) in [5.74, 6) is -1.71. The van der Waals surface area contributed by atoms with Gasteiger partial charge in [0.15, 0.2) is 0 Å². The van der Waals surface area contributed by atoms with E-state index in [1.807, 2.05) is 11.4 Å². The second-order valence-corrected chi connectivity index (χ2v) is 6.60. The van der Waals surface area contributed by atoms with Crippen LogP contribution in [0.25, 0.3) is 0 Å². The molecule has 0 saturated heterocycles. The van der Waals surface area contributed by atoms with E-state index in [0.717, 1.165) is 15.4 Å². The van der Waals surface area contributed by atoms with Crippen molar-refractivity contribution in [2.24, 2.45) is 0 Å². The summed E-state index contributed by atoms with van der Waals surface area (Å²) in [4.78, 5) is 12.7. The molecular formula is C13H12BrFN2O2S. The topological polar surface area (TPSA) is 66.6 Å². The Morgan fingerprint density at radius 1 is 1.50 bits per heavy atom. The van der Waals surface area contributed by atoms with Crippen molar-refractivity contribution in [1.82, 2.24) is 0 Å². The Hall–Kier alpha value is -1.60. The number of carboxylic acids is 1. The van der Waals surface area contributed by atoms with Gasteiger partial charge in [0.2, 0.25) is 0 Å². The number of halogens is 2. The summed E-state index contributed by atoms with van der Waals surface area (Å²) in [6.07, 6.45) is 0. The molecule has 2 rings (SSSR count). The highest BCUT2D eigenvalue weighted by Crippen LogP contribution is 2.27. The third-order valence-corrected chi connectivity index (χ3v) is 4.36. The van der Waals surface area contributed by atoms with Gasteiger partial charge in [-0.15, -0.1) is 11.3 Å². The Balaban J connectivity index is 2.31. The molecule has 106 valence electrons. The Morgan fingerprint density at radius 3 is 2.75 bits per heavy atom. The van der Waals surface area contributed by atoms with E-state index in [1.54, 1.807) is 11.9 Å². The molecule has 4 nitrogen and oxygen atoms in total. The third kappa shape index (κ3) is 3.10. The monoisotopic (exact) mass is 358 g/mol. The van der Waals surface area contributed by atoms with Crippen molar-refractivity contribution >= 4 is 44.6 Å². The highest BCUT2D eigenvalue weighted by molar-refractivity contribution is 9.11. The zero-order chi connectivity index (χ0) is 14.9. The van der Waals surface area contributed by atoms with Crippen LogP contribution in [0.4, 0.5) is 15.8 Å². The first-order valence-corrected chi connectivity index (χ1v) is 7.32. The molecule has 2 aromatic rings. The molecule has 20 heavy (non-hydrogen) atoms. The summed E-state index contributed by atoms with van der Waals surface area (Å²) in [5, 5.41) is 11.0. The maximum Gasteiger partial charge on any atom is 0.337 e. The Bertz CT molecular complexity index is 660. The van der Waals surface area contributed by atoms with Crippen molar-refractivity contribution < 1.29 is 14.3 Å². The predicted octanol–water partition coefficient (Wildman–Crippen LogP) is 3.57. The summed E-state index contributed by atoms with van der Waals surface area (Å²) in [5.41, 5.74) is 6.55. The van der Waals surface area contributed by atoms with Gasteiger partial charge in [-0.3, -0.25) is 0 Å². The summed E-state index contributed by atoms with van der Waals surface area (Å²) in [6, 6.07) is 4.24. The minimum atomic E-state index is -1.17. The normalized spacial score (nSPS) is 10.6. The van der Waals surface area contributed by atoms with Crippen LogP contribution in [-0.2, 0) is 6.54 Å². The van der Waals surface area contributed by atoms with Crippen LogP contribution in [0.2, 0.25) is 0 Å². The van der Waals surface area contributed by atoms with E-state index in [4.69, 9.17) is 10.8 Å². The first-order valence-electron chi connectivity index (χ1n) is 5.65. The molecule has 0 spiro atoms. The highest BCUT2D eigenvalue weighted by Gasteiger charge is 2.16. The van der Waals surface area contributed by atoms with E-state index in [-0.39, 0.29) is 16.9 Å². The fourth-order valence-electron chi connectivity index (χ4n) is 1.84. The molecule has 0 radical (unpaired) electrons. The van der Waals surface area contributed by atoms with Crippen LogP contribution in [0.15, 0.2) is 27.4 Å². The molecule has 0 aliphatic rings. The van der Waals surface area contributed by atoms with Crippen molar-refractivity contribution in [3.05, 3.63) is 44.3 Å². The number of carbonyl (C=O) groups is 1. The standard InChI is InChI=1S/C13H12BrFN2O2S/c1-17(5-7-2-12(14)20-6-7)11-3-8(13(18)19)10(16)4-9(11)15/h2-4,6H,5,16H2,1H3,(H,18,19). The molecule has 1 aromatic carbocycles. The number of nitrogens with two attached hydrogens (primary N) is 1. The van der Waals surface area contributed by atoms with E-state index < -0.39 is 11.8 Å². The molecule has 0 atom stereocenters. The minimum absolute atomic E-state index is 0.0783. The van der Waals surface area contributed by atoms with Gasteiger partial charge in [0, 0.05) is 19.3 Å². The van der Waals surface area contributed by atoms with Crippen LogP contribution in [0.3, 0.4) is 0 Å². The summed E-state index contributed by atoms with van der Waals surface area (Å²) >= 11 is 4.90. The minimum Gasteiger partial charge on any atom is -0.478 e. The first-order chi connectivity index (χ1) is 9.38. The van der Waals surface area contributed by atoms with Crippen molar-refractivity contribution in [3.63, 3.8) is 0 Å². The second kappa shape index (κ2) is 5.80. The zero-order valence-corrected chi connectivity index (χ0v) is 13.0.